The van der Waals surface area contributed by atoms with Gasteiger partial charge in [0.05, 0.1) is 10.7 Å². The summed E-state index contributed by atoms with van der Waals surface area (Å²) in [6.45, 7) is 5.04. The van der Waals surface area contributed by atoms with Gasteiger partial charge in [-0.1, -0.05) is 19.1 Å². The monoisotopic (exact) mass is 278 g/mol. The van der Waals surface area contributed by atoms with E-state index in [0.717, 1.165) is 30.6 Å². The lowest BCUT2D eigenvalue weighted by atomic mass is 10.1. The van der Waals surface area contributed by atoms with Crippen molar-refractivity contribution in [3.8, 4) is 0 Å². The number of nitrogens with one attached hydrogen (secondary N) is 1. The molecule has 102 valence electrons. The van der Waals surface area contributed by atoms with Crippen LogP contribution in [0.1, 0.15) is 30.1 Å². The highest BCUT2D eigenvalue weighted by Gasteiger charge is 2.05. The zero-order valence-electron chi connectivity index (χ0n) is 11.3. The summed E-state index contributed by atoms with van der Waals surface area (Å²) >= 11 is 1.71. The van der Waals surface area contributed by atoms with Gasteiger partial charge in [0.2, 0.25) is 0 Å². The van der Waals surface area contributed by atoms with Crippen molar-refractivity contribution in [2.24, 2.45) is 0 Å². The fourth-order valence-corrected chi connectivity index (χ4v) is 2.66. The molecule has 0 radical (unpaired) electrons. The van der Waals surface area contributed by atoms with Gasteiger partial charge < -0.3 is 5.32 Å². The van der Waals surface area contributed by atoms with Gasteiger partial charge in [0, 0.05) is 18.0 Å². The normalized spacial score (nSPS) is 12.6. The Balaban J connectivity index is 1.81. The summed E-state index contributed by atoms with van der Waals surface area (Å²) in [6.07, 6.45) is 1.89. The second kappa shape index (κ2) is 6.78. The molecule has 1 aromatic carbocycles. The van der Waals surface area contributed by atoms with E-state index in [1.165, 1.54) is 17.1 Å². The first-order valence-corrected chi connectivity index (χ1v) is 7.46. The average Bonchev–Trinajstić information content (AvgIpc) is 2.87. The zero-order chi connectivity index (χ0) is 13.7. The molecule has 1 N–H and O–H groups in total. The lowest BCUT2D eigenvalue weighted by Crippen LogP contribution is -2.27. The van der Waals surface area contributed by atoms with E-state index < -0.39 is 0 Å². The van der Waals surface area contributed by atoms with Crippen LogP contribution in [0.5, 0.6) is 0 Å². The summed E-state index contributed by atoms with van der Waals surface area (Å²) in [4.78, 5) is 4.53. The minimum Gasteiger partial charge on any atom is -0.308 e. The fraction of sp³-hybridized carbons (Fsp3) is 0.400. The van der Waals surface area contributed by atoms with Crippen molar-refractivity contribution in [1.29, 1.82) is 0 Å². The largest absolute Gasteiger partial charge is 0.308 e. The maximum absolute atomic E-state index is 12.8. The van der Waals surface area contributed by atoms with Crippen LogP contribution < -0.4 is 5.32 Å². The number of aryl methyl sites for hydroxylation is 1. The summed E-state index contributed by atoms with van der Waals surface area (Å²) in [5.41, 5.74) is 2.25. The van der Waals surface area contributed by atoms with E-state index in [2.05, 4.69) is 29.5 Å². The molecule has 1 heterocycles. The van der Waals surface area contributed by atoms with Gasteiger partial charge in [0.25, 0.3) is 0 Å². The molecule has 4 heteroatoms. The summed E-state index contributed by atoms with van der Waals surface area (Å²) in [6, 6.07) is 7.04. The van der Waals surface area contributed by atoms with Gasteiger partial charge in [-0.2, -0.15) is 0 Å². The Labute approximate surface area is 117 Å². The molecule has 0 saturated heterocycles. The third-order valence-electron chi connectivity index (χ3n) is 2.99. The molecule has 0 aliphatic heterocycles. The molecule has 1 unspecified atom stereocenters. The molecule has 2 rings (SSSR count). The van der Waals surface area contributed by atoms with Crippen molar-refractivity contribution in [2.75, 3.05) is 0 Å². The van der Waals surface area contributed by atoms with Crippen molar-refractivity contribution in [3.63, 3.8) is 0 Å². The molecule has 0 spiro atoms. The Bertz CT molecular complexity index is 507. The minimum atomic E-state index is -0.182. The Kier molecular flexibility index (Phi) is 5.05. The van der Waals surface area contributed by atoms with Gasteiger partial charge >= 0.3 is 0 Å². The quantitative estimate of drug-likeness (QED) is 0.874. The number of hydrogen-bond donors (Lipinski definition) is 1. The molecule has 0 bridgehead atoms. The van der Waals surface area contributed by atoms with E-state index in [1.807, 2.05) is 12.1 Å². The van der Waals surface area contributed by atoms with E-state index in [1.54, 1.807) is 11.3 Å². The number of aromatic nitrogens is 1. The average molecular weight is 278 g/mol. The molecule has 0 fully saturated rings. The summed E-state index contributed by atoms with van der Waals surface area (Å²) in [7, 11) is 0. The van der Waals surface area contributed by atoms with Gasteiger partial charge in [-0.3, -0.25) is 0 Å². The third kappa shape index (κ3) is 4.40. The molecule has 1 atom stereocenters. The van der Waals surface area contributed by atoms with Crippen LogP contribution >= 0.6 is 11.3 Å². The van der Waals surface area contributed by atoms with Crippen LogP contribution in [0.25, 0.3) is 0 Å². The standard InChI is InChI=1S/C15H19FN2S/c1-3-15-18-14(10-19-15)9-17-11(2)8-12-4-6-13(16)7-5-12/h4-7,10-11,17H,3,8-9H2,1-2H3. The minimum absolute atomic E-state index is 0.182. The highest BCUT2D eigenvalue weighted by atomic mass is 32.1. The van der Waals surface area contributed by atoms with Crippen LogP contribution in [0.4, 0.5) is 4.39 Å². The van der Waals surface area contributed by atoms with Crippen LogP contribution in [0.2, 0.25) is 0 Å². The Morgan fingerprint density at radius 1 is 1.32 bits per heavy atom. The van der Waals surface area contributed by atoms with Crippen molar-refractivity contribution < 1.29 is 4.39 Å². The van der Waals surface area contributed by atoms with Gasteiger partial charge in [-0.15, -0.1) is 11.3 Å². The van der Waals surface area contributed by atoms with E-state index in [0.29, 0.717) is 6.04 Å². The Hall–Kier alpha value is -1.26. The topological polar surface area (TPSA) is 24.9 Å². The Morgan fingerprint density at radius 2 is 2.05 bits per heavy atom. The van der Waals surface area contributed by atoms with Crippen LogP contribution in [0, 0.1) is 5.82 Å². The maximum Gasteiger partial charge on any atom is 0.123 e. The smallest absolute Gasteiger partial charge is 0.123 e. The van der Waals surface area contributed by atoms with Gasteiger partial charge in [0.15, 0.2) is 0 Å². The molecule has 0 aliphatic carbocycles. The number of thiazole rings is 1. The van der Waals surface area contributed by atoms with E-state index in [-0.39, 0.29) is 5.82 Å². The molecule has 2 aromatic rings. The van der Waals surface area contributed by atoms with Crippen molar-refractivity contribution >= 4 is 11.3 Å². The number of halogens is 1. The highest BCUT2D eigenvalue weighted by molar-refractivity contribution is 7.09. The van der Waals surface area contributed by atoms with Crippen molar-refractivity contribution in [1.82, 2.24) is 10.3 Å². The Morgan fingerprint density at radius 3 is 2.68 bits per heavy atom. The van der Waals surface area contributed by atoms with Crippen LogP contribution in [-0.2, 0) is 19.4 Å². The predicted molar refractivity (Wildman–Crippen MR) is 77.9 cm³/mol. The van der Waals surface area contributed by atoms with Crippen molar-refractivity contribution in [2.45, 2.75) is 39.3 Å². The lowest BCUT2D eigenvalue weighted by molar-refractivity contribution is 0.540. The summed E-state index contributed by atoms with van der Waals surface area (Å²) < 4.78 is 12.8. The lowest BCUT2D eigenvalue weighted by Gasteiger charge is -2.12. The number of rotatable bonds is 6. The summed E-state index contributed by atoms with van der Waals surface area (Å²) in [5.74, 6) is -0.182. The first kappa shape index (κ1) is 14.2. The van der Waals surface area contributed by atoms with Gasteiger partial charge in [-0.05, 0) is 37.5 Å². The third-order valence-corrected chi connectivity index (χ3v) is 4.03. The van der Waals surface area contributed by atoms with E-state index in [9.17, 15) is 4.39 Å². The fourth-order valence-electron chi connectivity index (χ4n) is 1.92. The van der Waals surface area contributed by atoms with E-state index >= 15 is 0 Å². The molecular formula is C15H19FN2S. The number of hydrogen-bond acceptors (Lipinski definition) is 3. The molecule has 0 aliphatic rings. The van der Waals surface area contributed by atoms with Crippen LogP contribution in [0.3, 0.4) is 0 Å². The SMILES string of the molecule is CCc1nc(CNC(C)Cc2ccc(F)cc2)cs1. The molecule has 0 saturated carbocycles. The molecule has 19 heavy (non-hydrogen) atoms. The first-order chi connectivity index (χ1) is 9.17. The van der Waals surface area contributed by atoms with Crippen molar-refractivity contribution in [3.05, 3.63) is 51.7 Å². The number of benzene rings is 1. The molecular weight excluding hydrogens is 259 g/mol. The van der Waals surface area contributed by atoms with Crippen LogP contribution in [-0.4, -0.2) is 11.0 Å². The number of nitrogens with zero attached hydrogens (tertiary/aromatic N) is 1. The summed E-state index contributed by atoms with van der Waals surface area (Å²) in [5, 5.41) is 6.74. The zero-order valence-corrected chi connectivity index (χ0v) is 12.1. The molecule has 2 nitrogen and oxygen atoms in total. The molecule has 1 aromatic heterocycles. The highest BCUT2D eigenvalue weighted by Crippen LogP contribution is 2.11. The second-order valence-corrected chi connectivity index (χ2v) is 5.64. The first-order valence-electron chi connectivity index (χ1n) is 6.58. The van der Waals surface area contributed by atoms with E-state index in [4.69, 9.17) is 0 Å². The second-order valence-electron chi connectivity index (χ2n) is 4.70. The van der Waals surface area contributed by atoms with Gasteiger partial charge in [-0.25, -0.2) is 9.37 Å². The van der Waals surface area contributed by atoms with Gasteiger partial charge in [0.1, 0.15) is 5.82 Å². The van der Waals surface area contributed by atoms with Crippen LogP contribution in [0.15, 0.2) is 29.6 Å². The molecule has 0 amide bonds. The maximum atomic E-state index is 12.8. The predicted octanol–water partition coefficient (Wildman–Crippen LogP) is 3.57.